The Morgan fingerprint density at radius 1 is 1.15 bits per heavy atom. The first-order chi connectivity index (χ1) is 12.9. The van der Waals surface area contributed by atoms with Crippen LogP contribution in [0.3, 0.4) is 0 Å². The molecule has 2 aromatic rings. The van der Waals surface area contributed by atoms with Crippen molar-refractivity contribution in [2.24, 2.45) is 0 Å². The number of nitrogens with zero attached hydrogens (tertiary/aromatic N) is 1. The largest absolute Gasteiger partial charge is 0.497 e. The third kappa shape index (κ3) is 5.86. The number of halogens is 1. The Morgan fingerprint density at radius 2 is 1.78 bits per heavy atom. The van der Waals surface area contributed by atoms with E-state index in [0.717, 1.165) is 0 Å². The van der Waals surface area contributed by atoms with Gasteiger partial charge in [-0.15, -0.1) is 0 Å². The lowest BCUT2D eigenvalue weighted by Gasteiger charge is -2.24. The third-order valence-corrected chi connectivity index (χ3v) is 4.20. The molecule has 0 aliphatic rings. The van der Waals surface area contributed by atoms with Crippen molar-refractivity contribution in [2.75, 3.05) is 39.7 Å². The molecule has 0 fully saturated rings. The van der Waals surface area contributed by atoms with Gasteiger partial charge in [-0.25, -0.2) is 4.39 Å². The molecule has 2 rings (SSSR count). The fourth-order valence-electron chi connectivity index (χ4n) is 2.38. The Balaban J connectivity index is 1.89. The SMILES string of the molecule is COc1cc(NC(=O)[C@H](C)N(C)CCOc2ccccc2F)cc(OC)c1. The number of para-hydroxylation sites is 1. The van der Waals surface area contributed by atoms with Gasteiger partial charge in [-0.1, -0.05) is 12.1 Å². The first-order valence-electron chi connectivity index (χ1n) is 8.56. The molecular weight excluding hydrogens is 351 g/mol. The normalized spacial score (nSPS) is 11.8. The monoisotopic (exact) mass is 376 g/mol. The average molecular weight is 376 g/mol. The molecular formula is C20H25FN2O4. The van der Waals surface area contributed by atoms with Gasteiger partial charge in [0.2, 0.25) is 5.91 Å². The number of hydrogen-bond acceptors (Lipinski definition) is 5. The third-order valence-electron chi connectivity index (χ3n) is 4.20. The van der Waals surface area contributed by atoms with Crippen LogP contribution >= 0.6 is 0 Å². The minimum atomic E-state index is -0.411. The predicted octanol–water partition coefficient (Wildman–Crippen LogP) is 3.18. The summed E-state index contributed by atoms with van der Waals surface area (Å²) in [6.07, 6.45) is 0. The highest BCUT2D eigenvalue weighted by Crippen LogP contribution is 2.26. The van der Waals surface area contributed by atoms with Crippen LogP contribution < -0.4 is 19.5 Å². The predicted molar refractivity (Wildman–Crippen MR) is 102 cm³/mol. The fourth-order valence-corrected chi connectivity index (χ4v) is 2.38. The van der Waals surface area contributed by atoms with Gasteiger partial charge < -0.3 is 19.5 Å². The zero-order valence-electron chi connectivity index (χ0n) is 16.0. The van der Waals surface area contributed by atoms with Gasteiger partial charge in [-0.2, -0.15) is 0 Å². The minimum Gasteiger partial charge on any atom is -0.497 e. The Bertz CT molecular complexity index is 747. The van der Waals surface area contributed by atoms with Gasteiger partial charge in [-0.3, -0.25) is 9.69 Å². The van der Waals surface area contributed by atoms with E-state index in [1.165, 1.54) is 6.07 Å². The van der Waals surface area contributed by atoms with Gasteiger partial charge in [0.05, 0.1) is 20.3 Å². The molecule has 0 saturated carbocycles. The second-order valence-electron chi connectivity index (χ2n) is 6.03. The van der Waals surface area contributed by atoms with Gasteiger partial charge in [0, 0.05) is 30.4 Å². The smallest absolute Gasteiger partial charge is 0.241 e. The number of hydrogen-bond donors (Lipinski definition) is 1. The lowest BCUT2D eigenvalue weighted by atomic mass is 10.2. The summed E-state index contributed by atoms with van der Waals surface area (Å²) in [5.41, 5.74) is 0.582. The highest BCUT2D eigenvalue weighted by Gasteiger charge is 2.19. The molecule has 6 nitrogen and oxygen atoms in total. The number of carbonyl (C=O) groups excluding carboxylic acids is 1. The molecule has 0 spiro atoms. The van der Waals surface area contributed by atoms with E-state index in [1.807, 2.05) is 4.90 Å². The van der Waals surface area contributed by atoms with Crippen LogP contribution in [0.25, 0.3) is 0 Å². The van der Waals surface area contributed by atoms with Crippen molar-refractivity contribution >= 4 is 11.6 Å². The van der Waals surface area contributed by atoms with Gasteiger partial charge in [0.15, 0.2) is 11.6 Å². The van der Waals surface area contributed by atoms with E-state index >= 15 is 0 Å². The quantitative estimate of drug-likeness (QED) is 0.728. The second-order valence-corrected chi connectivity index (χ2v) is 6.03. The van der Waals surface area contributed by atoms with E-state index in [0.29, 0.717) is 23.7 Å². The van der Waals surface area contributed by atoms with Gasteiger partial charge in [0.1, 0.15) is 18.1 Å². The number of carbonyl (C=O) groups is 1. The van der Waals surface area contributed by atoms with E-state index in [-0.39, 0.29) is 18.3 Å². The summed E-state index contributed by atoms with van der Waals surface area (Å²) < 4.78 is 29.4. The van der Waals surface area contributed by atoms with Crippen LogP contribution in [0.15, 0.2) is 42.5 Å². The van der Waals surface area contributed by atoms with E-state index in [9.17, 15) is 9.18 Å². The Morgan fingerprint density at radius 3 is 2.37 bits per heavy atom. The van der Waals surface area contributed by atoms with E-state index in [2.05, 4.69) is 5.32 Å². The molecule has 0 radical (unpaired) electrons. The molecule has 1 atom stereocenters. The molecule has 0 bridgehead atoms. The molecule has 0 aliphatic heterocycles. The van der Waals surface area contributed by atoms with Crippen LogP contribution in [-0.2, 0) is 4.79 Å². The molecule has 2 aromatic carbocycles. The number of amides is 1. The second kappa shape index (κ2) is 9.78. The molecule has 0 aliphatic carbocycles. The first kappa shape index (κ1) is 20.5. The summed E-state index contributed by atoms with van der Waals surface area (Å²) in [4.78, 5) is 14.3. The number of methoxy groups -OCH3 is 2. The molecule has 146 valence electrons. The summed E-state index contributed by atoms with van der Waals surface area (Å²) in [5, 5.41) is 2.85. The zero-order valence-corrected chi connectivity index (χ0v) is 16.0. The molecule has 0 saturated heterocycles. The van der Waals surface area contributed by atoms with Crippen LogP contribution in [-0.4, -0.2) is 51.3 Å². The van der Waals surface area contributed by atoms with Crippen LogP contribution in [0.1, 0.15) is 6.92 Å². The van der Waals surface area contributed by atoms with Crippen molar-refractivity contribution in [1.29, 1.82) is 0 Å². The average Bonchev–Trinajstić information content (AvgIpc) is 2.68. The fraction of sp³-hybridized carbons (Fsp3) is 0.350. The number of nitrogens with one attached hydrogen (secondary N) is 1. The zero-order chi connectivity index (χ0) is 19.8. The van der Waals surface area contributed by atoms with Crippen molar-refractivity contribution in [3.8, 4) is 17.2 Å². The summed E-state index contributed by atoms with van der Waals surface area (Å²) in [6.45, 7) is 2.52. The van der Waals surface area contributed by atoms with Crippen molar-refractivity contribution < 1.29 is 23.4 Å². The molecule has 0 unspecified atom stereocenters. The summed E-state index contributed by atoms with van der Waals surface area (Å²) >= 11 is 0. The number of anilines is 1. The van der Waals surface area contributed by atoms with Crippen molar-refractivity contribution in [1.82, 2.24) is 4.90 Å². The van der Waals surface area contributed by atoms with Crippen molar-refractivity contribution in [3.05, 3.63) is 48.3 Å². The van der Waals surface area contributed by atoms with Gasteiger partial charge in [-0.05, 0) is 26.1 Å². The first-order valence-corrected chi connectivity index (χ1v) is 8.56. The Kier molecular flexibility index (Phi) is 7.43. The molecule has 7 heteroatoms. The van der Waals surface area contributed by atoms with Gasteiger partial charge in [0.25, 0.3) is 0 Å². The molecule has 27 heavy (non-hydrogen) atoms. The lowest BCUT2D eigenvalue weighted by molar-refractivity contribution is -0.120. The van der Waals surface area contributed by atoms with E-state index < -0.39 is 11.9 Å². The molecule has 1 amide bonds. The standard InChI is InChI=1S/C20H25FN2O4/c1-14(23(2)9-10-27-19-8-6-5-7-18(19)21)20(24)22-15-11-16(25-3)13-17(12-15)26-4/h5-8,11-14H,9-10H2,1-4H3,(H,22,24)/t14-/m0/s1. The molecule has 1 N–H and O–H groups in total. The number of likely N-dealkylation sites (N-methyl/N-ethyl adjacent to an activating group) is 1. The van der Waals surface area contributed by atoms with Crippen molar-refractivity contribution in [3.63, 3.8) is 0 Å². The van der Waals surface area contributed by atoms with E-state index in [4.69, 9.17) is 14.2 Å². The van der Waals surface area contributed by atoms with Gasteiger partial charge >= 0.3 is 0 Å². The summed E-state index contributed by atoms with van der Waals surface area (Å²) in [6, 6.07) is 11.0. The van der Waals surface area contributed by atoms with Crippen LogP contribution in [0.5, 0.6) is 17.2 Å². The van der Waals surface area contributed by atoms with Crippen LogP contribution in [0.2, 0.25) is 0 Å². The number of ether oxygens (including phenoxy) is 3. The maximum atomic E-state index is 13.5. The summed E-state index contributed by atoms with van der Waals surface area (Å²) in [7, 11) is 4.90. The number of rotatable bonds is 9. The van der Waals surface area contributed by atoms with E-state index in [1.54, 1.807) is 64.6 Å². The minimum absolute atomic E-state index is 0.182. The molecule has 0 heterocycles. The molecule has 0 aromatic heterocycles. The lowest BCUT2D eigenvalue weighted by Crippen LogP contribution is -2.41. The Hall–Kier alpha value is -2.80. The highest BCUT2D eigenvalue weighted by molar-refractivity contribution is 5.94. The van der Waals surface area contributed by atoms with Crippen LogP contribution in [0, 0.1) is 5.82 Å². The number of benzene rings is 2. The maximum Gasteiger partial charge on any atom is 0.241 e. The van der Waals surface area contributed by atoms with Crippen LogP contribution in [0.4, 0.5) is 10.1 Å². The van der Waals surface area contributed by atoms with Crippen molar-refractivity contribution in [2.45, 2.75) is 13.0 Å². The maximum absolute atomic E-state index is 13.5. The highest BCUT2D eigenvalue weighted by atomic mass is 19.1. The topological polar surface area (TPSA) is 60.0 Å². The Labute approximate surface area is 158 Å². The summed E-state index contributed by atoms with van der Waals surface area (Å²) in [5.74, 6) is 0.788.